The number of benzene rings is 2. The van der Waals surface area contributed by atoms with Crippen LogP contribution in [0.4, 0.5) is 45.2 Å². The van der Waals surface area contributed by atoms with Gasteiger partial charge >= 0.3 is 18.5 Å². The third-order valence-corrected chi connectivity index (χ3v) is 6.22. The molecule has 1 unspecified atom stereocenters. The number of carbonyl (C=O) groups is 1. The van der Waals surface area contributed by atoms with E-state index < -0.39 is 62.1 Å². The Hall–Kier alpha value is -2.00. The zero-order valence-electron chi connectivity index (χ0n) is 18.0. The third kappa shape index (κ3) is 6.19. The summed E-state index contributed by atoms with van der Waals surface area (Å²) in [4.78, 5) is 16.7. The molecular weight excluding hydrogens is 678 g/mol. The van der Waals surface area contributed by atoms with Gasteiger partial charge in [0.25, 0.3) is 11.5 Å². The molecule has 0 radical (unpaired) electrons. The van der Waals surface area contributed by atoms with Gasteiger partial charge < -0.3 is 10.2 Å². The quantitative estimate of drug-likeness (QED) is 0.259. The van der Waals surface area contributed by atoms with Crippen LogP contribution in [0, 0.1) is 0 Å². The zero-order chi connectivity index (χ0) is 28.2. The Bertz CT molecular complexity index is 1220. The van der Waals surface area contributed by atoms with E-state index in [-0.39, 0.29) is 34.5 Å². The predicted octanol–water partition coefficient (Wildman–Crippen LogP) is 8.40. The van der Waals surface area contributed by atoms with Crippen LogP contribution in [0.2, 0.25) is 5.02 Å². The number of rotatable bonds is 4. The lowest BCUT2D eigenvalue weighted by atomic mass is 9.84. The second-order valence-corrected chi connectivity index (χ2v) is 12.6. The van der Waals surface area contributed by atoms with E-state index in [4.69, 9.17) is 11.6 Å². The van der Waals surface area contributed by atoms with Crippen molar-refractivity contribution < 1.29 is 49.1 Å². The molecule has 2 aromatic rings. The molecule has 0 saturated carbocycles. The summed E-state index contributed by atoms with van der Waals surface area (Å²) in [5.74, 6) is -0.579. The highest BCUT2D eigenvalue weighted by molar-refractivity contribution is 9.25. The molecule has 1 aliphatic rings. The van der Waals surface area contributed by atoms with Crippen LogP contribution in [-0.2, 0) is 27.6 Å². The van der Waals surface area contributed by atoms with Gasteiger partial charge in [-0.15, -0.1) is 0 Å². The normalized spacial score (nSPS) is 18.9. The van der Waals surface area contributed by atoms with Gasteiger partial charge in [0.15, 0.2) is 3.23 Å². The van der Waals surface area contributed by atoms with E-state index in [9.17, 15) is 44.3 Å². The summed E-state index contributed by atoms with van der Waals surface area (Å²) in [5.41, 5.74) is -9.40. The van der Waals surface area contributed by atoms with Crippen LogP contribution in [0.3, 0.4) is 0 Å². The Morgan fingerprint density at radius 3 is 1.95 bits per heavy atom. The highest BCUT2D eigenvalue weighted by Crippen LogP contribution is 2.51. The summed E-state index contributed by atoms with van der Waals surface area (Å²) in [6.07, 6.45) is -17.5. The van der Waals surface area contributed by atoms with Crippen LogP contribution in [0.25, 0.3) is 0 Å². The second-order valence-electron chi connectivity index (χ2n) is 7.96. The maximum Gasteiger partial charge on any atom is 0.435 e. The fourth-order valence-electron chi connectivity index (χ4n) is 3.27. The van der Waals surface area contributed by atoms with Gasteiger partial charge in [-0.25, -0.2) is 0 Å². The summed E-state index contributed by atoms with van der Waals surface area (Å²) < 4.78 is 121. The van der Waals surface area contributed by atoms with Gasteiger partial charge in [0.1, 0.15) is 0 Å². The molecule has 0 aromatic heterocycles. The first-order valence-electron chi connectivity index (χ1n) is 9.76. The summed E-state index contributed by atoms with van der Waals surface area (Å²) in [5, 5.41) is 5.64. The van der Waals surface area contributed by atoms with Crippen LogP contribution in [0.5, 0.6) is 0 Å². The summed E-state index contributed by atoms with van der Waals surface area (Å²) in [6, 6.07) is 3.14. The molecule has 0 aliphatic carbocycles. The van der Waals surface area contributed by atoms with Gasteiger partial charge in [-0.1, -0.05) is 54.7 Å². The van der Waals surface area contributed by atoms with Gasteiger partial charge in [0.05, 0.1) is 27.5 Å². The number of hydrogen-bond acceptors (Lipinski definition) is 3. The zero-order valence-corrected chi connectivity index (χ0v) is 21.9. The van der Waals surface area contributed by atoms with Gasteiger partial charge in [-0.3, -0.25) is 4.79 Å². The van der Waals surface area contributed by atoms with Crippen molar-refractivity contribution in [2.24, 2.45) is 5.16 Å². The van der Waals surface area contributed by atoms with Gasteiger partial charge in [-0.05, 0) is 37.3 Å². The minimum absolute atomic E-state index is 0.0512. The van der Waals surface area contributed by atoms with E-state index in [1.54, 1.807) is 0 Å². The lowest BCUT2D eigenvalue weighted by Gasteiger charge is -2.30. The number of hydrogen-bond donors (Lipinski definition) is 1. The maximum absolute atomic E-state index is 14.2. The second kappa shape index (κ2) is 9.63. The van der Waals surface area contributed by atoms with Gasteiger partial charge in [0, 0.05) is 17.5 Å². The Labute approximate surface area is 224 Å². The number of oxime groups is 1. The number of amides is 1. The standard InChI is InChI=1S/C21H12Br2ClF9N2O2/c1-17(22,23)16(36)34-14-3-2-9(4-13(14)24)15-8-18(37-35-15,21(31,32)33)10-5-11(19(25,26)27)7-12(6-10)20(28,29)30/h2-7H,8H2,1H3,(H,34,36). The minimum atomic E-state index is -5.47. The number of nitrogens with zero attached hydrogens (tertiary/aromatic N) is 1. The fraction of sp³-hybridized carbons (Fsp3) is 0.333. The molecule has 37 heavy (non-hydrogen) atoms. The molecule has 202 valence electrons. The van der Waals surface area contributed by atoms with Gasteiger partial charge in [-0.2, -0.15) is 39.5 Å². The average molecular weight is 691 g/mol. The number of anilines is 1. The first-order valence-corrected chi connectivity index (χ1v) is 11.7. The Morgan fingerprint density at radius 2 is 1.51 bits per heavy atom. The molecule has 1 aliphatic heterocycles. The topological polar surface area (TPSA) is 50.7 Å². The van der Waals surface area contributed by atoms with E-state index in [0.717, 1.165) is 6.07 Å². The van der Waals surface area contributed by atoms with E-state index in [2.05, 4.69) is 47.2 Å². The van der Waals surface area contributed by atoms with Crippen LogP contribution >= 0.6 is 43.5 Å². The molecule has 4 nitrogen and oxygen atoms in total. The SMILES string of the molecule is CC(Br)(Br)C(=O)Nc1ccc(C2=NOC(c3cc(C(F)(F)F)cc(C(F)(F)F)c3)(C(F)(F)F)C2)cc1Cl. The number of halogens is 12. The highest BCUT2D eigenvalue weighted by Gasteiger charge is 2.63. The van der Waals surface area contributed by atoms with Crippen molar-refractivity contribution in [2.75, 3.05) is 5.32 Å². The molecule has 1 amide bonds. The molecule has 1 atom stereocenters. The molecule has 2 aromatic carbocycles. The number of alkyl halides is 11. The van der Waals surface area contributed by atoms with Crippen molar-refractivity contribution in [3.8, 4) is 0 Å². The monoisotopic (exact) mass is 688 g/mol. The van der Waals surface area contributed by atoms with Crippen molar-refractivity contribution >= 4 is 60.8 Å². The average Bonchev–Trinajstić information content (AvgIpc) is 3.20. The van der Waals surface area contributed by atoms with Crippen LogP contribution < -0.4 is 5.32 Å². The van der Waals surface area contributed by atoms with Crippen molar-refractivity contribution in [2.45, 2.75) is 40.7 Å². The predicted molar refractivity (Wildman–Crippen MR) is 123 cm³/mol. The van der Waals surface area contributed by atoms with Crippen molar-refractivity contribution in [1.29, 1.82) is 0 Å². The van der Waals surface area contributed by atoms with E-state index in [1.807, 2.05) is 0 Å². The number of nitrogens with one attached hydrogen (secondary N) is 1. The Kier molecular flexibility index (Phi) is 7.69. The van der Waals surface area contributed by atoms with Crippen LogP contribution in [0.1, 0.15) is 35.6 Å². The highest BCUT2D eigenvalue weighted by atomic mass is 79.9. The largest absolute Gasteiger partial charge is 0.435 e. The lowest BCUT2D eigenvalue weighted by Crippen LogP contribution is -2.43. The lowest BCUT2D eigenvalue weighted by molar-refractivity contribution is -0.276. The molecule has 0 spiro atoms. The summed E-state index contributed by atoms with van der Waals surface area (Å²) in [6.45, 7) is 1.46. The molecule has 1 N–H and O–H groups in total. The Balaban J connectivity index is 2.04. The molecule has 1 heterocycles. The molecule has 0 fully saturated rings. The van der Waals surface area contributed by atoms with Crippen molar-refractivity contribution in [3.05, 3.63) is 63.7 Å². The molecule has 0 bridgehead atoms. The van der Waals surface area contributed by atoms with Crippen LogP contribution in [0.15, 0.2) is 41.6 Å². The maximum atomic E-state index is 14.2. The molecule has 0 saturated heterocycles. The minimum Gasteiger partial charge on any atom is -0.374 e. The Morgan fingerprint density at radius 1 is 0.973 bits per heavy atom. The summed E-state index contributed by atoms with van der Waals surface area (Å²) in [7, 11) is 0. The third-order valence-electron chi connectivity index (χ3n) is 5.19. The van der Waals surface area contributed by atoms with Crippen LogP contribution in [-0.4, -0.2) is 21.0 Å². The molecular formula is C21H12Br2ClF9N2O2. The van der Waals surface area contributed by atoms with E-state index >= 15 is 0 Å². The van der Waals surface area contributed by atoms with E-state index in [0.29, 0.717) is 0 Å². The van der Waals surface area contributed by atoms with Gasteiger partial charge in [0.2, 0.25) is 0 Å². The molecule has 3 rings (SSSR count). The summed E-state index contributed by atoms with van der Waals surface area (Å²) >= 11 is 12.2. The van der Waals surface area contributed by atoms with Crippen molar-refractivity contribution in [1.82, 2.24) is 0 Å². The van der Waals surface area contributed by atoms with E-state index in [1.165, 1.54) is 19.1 Å². The fourth-order valence-corrected chi connectivity index (χ4v) is 3.70. The first-order chi connectivity index (χ1) is 16.6. The smallest absolute Gasteiger partial charge is 0.374 e. The first kappa shape index (κ1) is 29.6. The van der Waals surface area contributed by atoms with Crippen molar-refractivity contribution in [3.63, 3.8) is 0 Å². The number of carbonyl (C=O) groups excluding carboxylic acids is 1. The molecule has 16 heteroatoms.